The Bertz CT molecular complexity index is 346. The van der Waals surface area contributed by atoms with Crippen LogP contribution in [0.15, 0.2) is 18.2 Å². The van der Waals surface area contributed by atoms with Crippen LogP contribution in [0.3, 0.4) is 0 Å². The fraction of sp³-hybridized carbons (Fsp3) is 0.364. The molecule has 4 nitrogen and oxygen atoms in total. The molecule has 0 unspecified atom stereocenters. The van der Waals surface area contributed by atoms with Crippen molar-refractivity contribution >= 4 is 5.97 Å². The fourth-order valence-corrected chi connectivity index (χ4v) is 1.17. The number of carboxylic acid groups (broad SMARTS) is 1. The molecule has 0 heterocycles. The van der Waals surface area contributed by atoms with Crippen molar-refractivity contribution in [2.24, 2.45) is 0 Å². The number of benzene rings is 1. The summed E-state index contributed by atoms with van der Waals surface area (Å²) in [6.45, 7) is 2.22. The van der Waals surface area contributed by atoms with Crippen molar-refractivity contribution < 1.29 is 19.7 Å². The number of aromatic carboxylic acids is 1. The molecule has 82 valence electrons. The SMILES string of the molecule is Cc1ccc(C(=O)O)c(OCCCO)c1. The third kappa shape index (κ3) is 3.25. The average Bonchev–Trinajstić information content (AvgIpc) is 2.18. The molecular formula is C11H14O4. The van der Waals surface area contributed by atoms with Crippen molar-refractivity contribution in [2.75, 3.05) is 13.2 Å². The highest BCUT2D eigenvalue weighted by molar-refractivity contribution is 5.90. The van der Waals surface area contributed by atoms with Crippen molar-refractivity contribution in [1.82, 2.24) is 0 Å². The van der Waals surface area contributed by atoms with Gasteiger partial charge in [0.05, 0.1) is 6.61 Å². The Labute approximate surface area is 88.1 Å². The number of carbonyl (C=O) groups is 1. The first-order chi connectivity index (χ1) is 7.15. The maximum absolute atomic E-state index is 10.8. The van der Waals surface area contributed by atoms with Gasteiger partial charge in [0.1, 0.15) is 11.3 Å². The minimum atomic E-state index is -1.01. The highest BCUT2D eigenvalue weighted by Crippen LogP contribution is 2.20. The van der Waals surface area contributed by atoms with Crippen LogP contribution in [0.4, 0.5) is 0 Å². The van der Waals surface area contributed by atoms with E-state index in [1.54, 1.807) is 12.1 Å². The minimum absolute atomic E-state index is 0.0359. The molecule has 0 saturated heterocycles. The molecule has 1 aromatic rings. The van der Waals surface area contributed by atoms with Crippen molar-refractivity contribution in [3.05, 3.63) is 29.3 Å². The van der Waals surface area contributed by atoms with Crippen LogP contribution < -0.4 is 4.74 Å². The van der Waals surface area contributed by atoms with Gasteiger partial charge in [-0.15, -0.1) is 0 Å². The van der Waals surface area contributed by atoms with Crippen LogP contribution in [0.25, 0.3) is 0 Å². The molecule has 0 radical (unpaired) electrons. The number of hydrogen-bond donors (Lipinski definition) is 2. The molecule has 0 bridgehead atoms. The molecule has 0 aromatic heterocycles. The maximum atomic E-state index is 10.8. The van der Waals surface area contributed by atoms with Crippen LogP contribution in [0.5, 0.6) is 5.75 Å². The van der Waals surface area contributed by atoms with Gasteiger partial charge in [-0.25, -0.2) is 4.79 Å². The van der Waals surface area contributed by atoms with E-state index < -0.39 is 5.97 Å². The number of carboxylic acids is 1. The number of aliphatic hydroxyl groups is 1. The minimum Gasteiger partial charge on any atom is -0.493 e. The van der Waals surface area contributed by atoms with Gasteiger partial charge in [-0.05, 0) is 24.6 Å². The third-order valence-electron chi connectivity index (χ3n) is 1.93. The predicted molar refractivity (Wildman–Crippen MR) is 55.3 cm³/mol. The molecular weight excluding hydrogens is 196 g/mol. The molecule has 0 aliphatic rings. The van der Waals surface area contributed by atoms with E-state index >= 15 is 0 Å². The van der Waals surface area contributed by atoms with Gasteiger partial charge in [-0.1, -0.05) is 6.07 Å². The summed E-state index contributed by atoms with van der Waals surface area (Å²) in [5.74, 6) is -0.648. The van der Waals surface area contributed by atoms with Crippen molar-refractivity contribution in [3.63, 3.8) is 0 Å². The molecule has 0 aliphatic heterocycles. The van der Waals surface area contributed by atoms with E-state index in [9.17, 15) is 4.79 Å². The van der Waals surface area contributed by atoms with Crippen LogP contribution in [-0.4, -0.2) is 29.4 Å². The molecule has 1 aromatic carbocycles. The zero-order valence-electron chi connectivity index (χ0n) is 8.56. The van der Waals surface area contributed by atoms with E-state index in [2.05, 4.69) is 0 Å². The number of ether oxygens (including phenoxy) is 1. The van der Waals surface area contributed by atoms with Gasteiger partial charge in [0.2, 0.25) is 0 Å². The van der Waals surface area contributed by atoms with E-state index in [1.165, 1.54) is 6.07 Å². The van der Waals surface area contributed by atoms with Crippen molar-refractivity contribution in [2.45, 2.75) is 13.3 Å². The Balaban J connectivity index is 2.82. The van der Waals surface area contributed by atoms with E-state index in [0.29, 0.717) is 18.8 Å². The largest absolute Gasteiger partial charge is 0.493 e. The fourth-order valence-electron chi connectivity index (χ4n) is 1.17. The smallest absolute Gasteiger partial charge is 0.339 e. The Kier molecular flexibility index (Phi) is 4.12. The molecule has 4 heteroatoms. The van der Waals surface area contributed by atoms with Crippen molar-refractivity contribution in [1.29, 1.82) is 0 Å². The molecule has 0 spiro atoms. The Hall–Kier alpha value is -1.55. The summed E-state index contributed by atoms with van der Waals surface area (Å²) in [5, 5.41) is 17.5. The standard InChI is InChI=1S/C11H14O4/c1-8-3-4-9(11(13)14)10(7-8)15-6-2-5-12/h3-4,7,12H,2,5-6H2,1H3,(H,13,14). The third-order valence-corrected chi connectivity index (χ3v) is 1.93. The second-order valence-electron chi connectivity index (χ2n) is 3.23. The van der Waals surface area contributed by atoms with Gasteiger partial charge < -0.3 is 14.9 Å². The molecule has 0 saturated carbocycles. The lowest BCUT2D eigenvalue weighted by molar-refractivity contribution is 0.0692. The van der Waals surface area contributed by atoms with E-state index in [-0.39, 0.29) is 12.2 Å². The summed E-state index contributed by atoms with van der Waals surface area (Å²) in [7, 11) is 0. The van der Waals surface area contributed by atoms with Crippen LogP contribution in [0.2, 0.25) is 0 Å². The molecule has 0 aliphatic carbocycles. The average molecular weight is 210 g/mol. The van der Waals surface area contributed by atoms with Gasteiger partial charge in [0.15, 0.2) is 0 Å². The first kappa shape index (κ1) is 11.5. The summed E-state index contributed by atoms with van der Waals surface area (Å²) in [6, 6.07) is 4.93. The zero-order chi connectivity index (χ0) is 11.3. The monoisotopic (exact) mass is 210 g/mol. The van der Waals surface area contributed by atoms with Gasteiger partial charge in [0.25, 0.3) is 0 Å². The number of aliphatic hydroxyl groups excluding tert-OH is 1. The molecule has 15 heavy (non-hydrogen) atoms. The lowest BCUT2D eigenvalue weighted by Crippen LogP contribution is -2.05. The zero-order valence-corrected chi connectivity index (χ0v) is 8.56. The quantitative estimate of drug-likeness (QED) is 0.722. The Morgan fingerprint density at radius 1 is 1.47 bits per heavy atom. The highest BCUT2D eigenvalue weighted by Gasteiger charge is 2.10. The van der Waals surface area contributed by atoms with Crippen LogP contribution in [0, 0.1) is 6.92 Å². The first-order valence-electron chi connectivity index (χ1n) is 4.72. The van der Waals surface area contributed by atoms with Gasteiger partial charge in [0, 0.05) is 13.0 Å². The first-order valence-corrected chi connectivity index (χ1v) is 4.72. The number of hydrogen-bond acceptors (Lipinski definition) is 3. The molecule has 2 N–H and O–H groups in total. The summed E-state index contributed by atoms with van der Waals surface area (Å²) in [4.78, 5) is 10.8. The van der Waals surface area contributed by atoms with E-state index in [1.807, 2.05) is 6.92 Å². The lowest BCUT2D eigenvalue weighted by atomic mass is 10.1. The summed E-state index contributed by atoms with van der Waals surface area (Å²) in [6.07, 6.45) is 0.493. The summed E-state index contributed by atoms with van der Waals surface area (Å²) >= 11 is 0. The van der Waals surface area contributed by atoms with Crippen molar-refractivity contribution in [3.8, 4) is 5.75 Å². The second-order valence-corrected chi connectivity index (χ2v) is 3.23. The van der Waals surface area contributed by atoms with Crippen LogP contribution in [-0.2, 0) is 0 Å². The van der Waals surface area contributed by atoms with Crippen LogP contribution >= 0.6 is 0 Å². The van der Waals surface area contributed by atoms with Gasteiger partial charge >= 0.3 is 5.97 Å². The maximum Gasteiger partial charge on any atom is 0.339 e. The summed E-state index contributed by atoms with van der Waals surface area (Å²) < 4.78 is 5.28. The summed E-state index contributed by atoms with van der Waals surface area (Å²) in [5.41, 5.74) is 1.09. The lowest BCUT2D eigenvalue weighted by Gasteiger charge is -2.09. The van der Waals surface area contributed by atoms with Crippen LogP contribution in [0.1, 0.15) is 22.3 Å². The number of aryl methyl sites for hydroxylation is 1. The molecule has 0 amide bonds. The predicted octanol–water partition coefficient (Wildman–Crippen LogP) is 1.45. The topological polar surface area (TPSA) is 66.8 Å². The normalized spacial score (nSPS) is 10.0. The van der Waals surface area contributed by atoms with E-state index in [4.69, 9.17) is 14.9 Å². The van der Waals surface area contributed by atoms with Gasteiger partial charge in [-0.2, -0.15) is 0 Å². The Morgan fingerprint density at radius 3 is 2.80 bits per heavy atom. The molecule has 0 atom stereocenters. The highest BCUT2D eigenvalue weighted by atomic mass is 16.5. The second kappa shape index (κ2) is 5.36. The Morgan fingerprint density at radius 2 is 2.20 bits per heavy atom. The molecule has 1 rings (SSSR count). The van der Waals surface area contributed by atoms with E-state index in [0.717, 1.165) is 5.56 Å². The number of rotatable bonds is 5. The van der Waals surface area contributed by atoms with Gasteiger partial charge in [-0.3, -0.25) is 0 Å². The molecule has 0 fully saturated rings.